The second-order valence-corrected chi connectivity index (χ2v) is 11.8. The summed E-state index contributed by atoms with van der Waals surface area (Å²) < 4.78 is 8.88. The summed E-state index contributed by atoms with van der Waals surface area (Å²) in [5, 5.41) is 4.88. The number of benzene rings is 5. The minimum absolute atomic E-state index is 0.00000956. The average molecular weight is 492 g/mol. The molecule has 0 radical (unpaired) electrons. The topological polar surface area (TPSA) is 18.1 Å². The molecular weight excluding hydrogens is 462 g/mol. The lowest BCUT2D eigenvalue weighted by atomic mass is 9.55. The van der Waals surface area contributed by atoms with Crippen molar-refractivity contribution in [3.63, 3.8) is 0 Å². The van der Waals surface area contributed by atoms with Crippen LogP contribution in [0.3, 0.4) is 0 Å². The lowest BCUT2D eigenvalue weighted by Gasteiger charge is -2.48. The number of rotatable bonds is 1. The zero-order valence-corrected chi connectivity index (χ0v) is 22.2. The molecule has 2 heteroatoms. The summed E-state index contributed by atoms with van der Waals surface area (Å²) in [6, 6.07) is 37.6. The van der Waals surface area contributed by atoms with Crippen molar-refractivity contribution >= 4 is 43.7 Å². The maximum atomic E-state index is 6.51. The molecule has 0 saturated carbocycles. The minimum Gasteiger partial charge on any atom is -0.456 e. The third-order valence-electron chi connectivity index (χ3n) is 9.56. The number of aromatic nitrogens is 1. The number of hydrogen-bond acceptors (Lipinski definition) is 1. The van der Waals surface area contributed by atoms with Gasteiger partial charge in [0.1, 0.15) is 11.2 Å². The highest BCUT2D eigenvalue weighted by atomic mass is 16.3. The average Bonchev–Trinajstić information content (AvgIpc) is 3.46. The zero-order chi connectivity index (χ0) is 25.8. The van der Waals surface area contributed by atoms with Gasteiger partial charge in [0.15, 0.2) is 0 Å². The van der Waals surface area contributed by atoms with E-state index in [-0.39, 0.29) is 10.8 Å². The Morgan fingerprint density at radius 3 is 1.84 bits per heavy atom. The van der Waals surface area contributed by atoms with Gasteiger partial charge >= 0.3 is 0 Å². The predicted octanol–water partition coefficient (Wildman–Crippen LogP) is 9.92. The maximum Gasteiger partial charge on any atom is 0.135 e. The van der Waals surface area contributed by atoms with Crippen molar-refractivity contribution in [3.8, 4) is 16.8 Å². The largest absolute Gasteiger partial charge is 0.456 e. The monoisotopic (exact) mass is 491 g/mol. The molecular formula is C36H29NO. The summed E-state index contributed by atoms with van der Waals surface area (Å²) in [5.74, 6) is 0. The Kier molecular flexibility index (Phi) is 4.10. The van der Waals surface area contributed by atoms with Crippen molar-refractivity contribution in [2.24, 2.45) is 0 Å². The molecule has 0 spiro atoms. The molecule has 0 bridgehead atoms. The summed E-state index contributed by atoms with van der Waals surface area (Å²) in [5.41, 5.74) is 10.9. The Bertz CT molecular complexity index is 2030. The van der Waals surface area contributed by atoms with Crippen LogP contribution in [0.5, 0.6) is 0 Å². The highest BCUT2D eigenvalue weighted by molar-refractivity contribution is 6.11. The number of nitrogens with zero attached hydrogens (tertiary/aromatic N) is 1. The van der Waals surface area contributed by atoms with Gasteiger partial charge in [-0.3, -0.25) is 0 Å². The maximum absolute atomic E-state index is 6.51. The molecule has 0 fully saturated rings. The van der Waals surface area contributed by atoms with Gasteiger partial charge in [0.25, 0.3) is 0 Å². The van der Waals surface area contributed by atoms with E-state index in [0.29, 0.717) is 0 Å². The molecule has 1 aliphatic carbocycles. The molecule has 5 aromatic carbocycles. The van der Waals surface area contributed by atoms with Crippen molar-refractivity contribution in [1.29, 1.82) is 0 Å². The molecule has 8 rings (SSSR count). The van der Waals surface area contributed by atoms with Gasteiger partial charge in [0.05, 0.1) is 11.0 Å². The van der Waals surface area contributed by atoms with E-state index in [1.54, 1.807) is 0 Å². The molecule has 0 atom stereocenters. The van der Waals surface area contributed by atoms with Gasteiger partial charge in [0, 0.05) is 27.2 Å². The van der Waals surface area contributed by atoms with E-state index in [4.69, 9.17) is 4.42 Å². The molecule has 0 aliphatic heterocycles. The van der Waals surface area contributed by atoms with E-state index in [1.807, 2.05) is 0 Å². The van der Waals surface area contributed by atoms with Gasteiger partial charge in [-0.15, -0.1) is 0 Å². The fraction of sp³-hybridized carbons (Fsp3) is 0.167. The summed E-state index contributed by atoms with van der Waals surface area (Å²) in [7, 11) is 0. The third-order valence-corrected chi connectivity index (χ3v) is 9.56. The SMILES string of the molecule is CC1(C)c2ccccc2-c2cc3c(cc2C1(C)C)oc1ccc(-n2c4ccccc4c4ccccc42)cc13. The highest BCUT2D eigenvalue weighted by Crippen LogP contribution is 2.55. The summed E-state index contributed by atoms with van der Waals surface area (Å²) >= 11 is 0. The Morgan fingerprint density at radius 2 is 1.11 bits per heavy atom. The van der Waals surface area contributed by atoms with E-state index in [1.165, 1.54) is 49.4 Å². The fourth-order valence-electron chi connectivity index (χ4n) is 6.83. The smallest absolute Gasteiger partial charge is 0.135 e. The van der Waals surface area contributed by atoms with Crippen molar-refractivity contribution in [1.82, 2.24) is 4.57 Å². The van der Waals surface area contributed by atoms with Crippen LogP contribution in [-0.2, 0) is 10.8 Å². The van der Waals surface area contributed by atoms with Gasteiger partial charge in [0.2, 0.25) is 0 Å². The molecule has 2 nitrogen and oxygen atoms in total. The number of hydrogen-bond donors (Lipinski definition) is 0. The molecule has 7 aromatic rings. The lowest BCUT2D eigenvalue weighted by Crippen LogP contribution is -2.43. The second-order valence-electron chi connectivity index (χ2n) is 11.8. The van der Waals surface area contributed by atoms with Crippen LogP contribution in [-0.4, -0.2) is 4.57 Å². The molecule has 0 N–H and O–H groups in total. The fourth-order valence-corrected chi connectivity index (χ4v) is 6.83. The third kappa shape index (κ3) is 2.62. The van der Waals surface area contributed by atoms with Crippen molar-refractivity contribution in [3.05, 3.63) is 114 Å². The lowest BCUT2D eigenvalue weighted by molar-refractivity contribution is 0.299. The first-order chi connectivity index (χ1) is 18.4. The van der Waals surface area contributed by atoms with Crippen LogP contribution >= 0.6 is 0 Å². The molecule has 2 aromatic heterocycles. The van der Waals surface area contributed by atoms with Gasteiger partial charge in [-0.05, 0) is 75.5 Å². The second kappa shape index (κ2) is 7.17. The van der Waals surface area contributed by atoms with Gasteiger partial charge < -0.3 is 8.98 Å². The van der Waals surface area contributed by atoms with Crippen LogP contribution in [0.15, 0.2) is 108 Å². The molecule has 0 saturated heterocycles. The molecule has 184 valence electrons. The van der Waals surface area contributed by atoms with Crippen molar-refractivity contribution < 1.29 is 4.42 Å². The summed E-state index contributed by atoms with van der Waals surface area (Å²) in [6.07, 6.45) is 0. The summed E-state index contributed by atoms with van der Waals surface area (Å²) in [6.45, 7) is 9.48. The van der Waals surface area contributed by atoms with E-state index < -0.39 is 0 Å². The van der Waals surface area contributed by atoms with Crippen LogP contribution in [0.2, 0.25) is 0 Å². The van der Waals surface area contributed by atoms with Crippen LogP contribution < -0.4 is 0 Å². The molecule has 0 unspecified atom stereocenters. The molecule has 1 aliphatic rings. The zero-order valence-electron chi connectivity index (χ0n) is 22.2. The van der Waals surface area contributed by atoms with Crippen LogP contribution in [0, 0.1) is 0 Å². The predicted molar refractivity (Wildman–Crippen MR) is 160 cm³/mol. The minimum atomic E-state index is -0.0437. The number of para-hydroxylation sites is 2. The number of furan rings is 1. The quantitative estimate of drug-likeness (QED) is 0.223. The van der Waals surface area contributed by atoms with Crippen LogP contribution in [0.4, 0.5) is 0 Å². The molecule has 38 heavy (non-hydrogen) atoms. The van der Waals surface area contributed by atoms with Crippen LogP contribution in [0.1, 0.15) is 38.8 Å². The first-order valence-electron chi connectivity index (χ1n) is 13.5. The Morgan fingerprint density at radius 1 is 0.500 bits per heavy atom. The summed E-state index contributed by atoms with van der Waals surface area (Å²) in [4.78, 5) is 0. The normalized spacial score (nSPS) is 15.8. The van der Waals surface area contributed by atoms with E-state index in [0.717, 1.165) is 22.2 Å². The standard InChI is InChI=1S/C36H29NO/c1-35(2)29-14-8-5-11-23(29)26-20-28-27-19-22(17-18-33(27)38-34(28)21-30(26)36(35,3)4)37-31-15-9-6-12-24(31)25-13-7-10-16-32(25)37/h5-21H,1-4H3. The number of fused-ring (bicyclic) bond motifs is 9. The van der Waals surface area contributed by atoms with E-state index in [2.05, 4.69) is 135 Å². The van der Waals surface area contributed by atoms with Crippen LogP contribution in [0.25, 0.3) is 60.6 Å². The first kappa shape index (κ1) is 21.8. The van der Waals surface area contributed by atoms with Gasteiger partial charge in [-0.25, -0.2) is 0 Å². The van der Waals surface area contributed by atoms with Gasteiger partial charge in [-0.1, -0.05) is 88.4 Å². The molecule has 2 heterocycles. The highest BCUT2D eigenvalue weighted by Gasteiger charge is 2.46. The Hall–Kier alpha value is -4.30. The first-order valence-corrected chi connectivity index (χ1v) is 13.5. The van der Waals surface area contributed by atoms with Crippen molar-refractivity contribution in [2.75, 3.05) is 0 Å². The van der Waals surface area contributed by atoms with E-state index >= 15 is 0 Å². The Balaban J connectivity index is 1.43. The molecule has 0 amide bonds. The van der Waals surface area contributed by atoms with Gasteiger partial charge in [-0.2, -0.15) is 0 Å². The van der Waals surface area contributed by atoms with Crippen molar-refractivity contribution in [2.45, 2.75) is 38.5 Å². The Labute approximate surface area is 222 Å². The van der Waals surface area contributed by atoms with E-state index in [9.17, 15) is 0 Å².